The molecule has 6 rings (SSSR count). The molecule has 46 heavy (non-hydrogen) atoms. The third-order valence-corrected chi connectivity index (χ3v) is 10.1. The molecular formula is C40H40N2O2S2. The minimum atomic E-state index is -0.334. The summed E-state index contributed by atoms with van der Waals surface area (Å²) in [4.78, 5) is 22.6. The van der Waals surface area contributed by atoms with Crippen molar-refractivity contribution in [1.29, 1.82) is 0 Å². The van der Waals surface area contributed by atoms with Crippen LogP contribution in [0, 0.1) is 0 Å². The Morgan fingerprint density at radius 3 is 2.13 bits per heavy atom. The van der Waals surface area contributed by atoms with Gasteiger partial charge in [-0.1, -0.05) is 85.8 Å². The fourth-order valence-electron chi connectivity index (χ4n) is 5.17. The van der Waals surface area contributed by atoms with Crippen LogP contribution in [0.25, 0.3) is 21.5 Å². The Bertz CT molecular complexity index is 1810. The van der Waals surface area contributed by atoms with E-state index in [1.807, 2.05) is 30.6 Å². The van der Waals surface area contributed by atoms with E-state index in [0.29, 0.717) is 18.6 Å². The molecular weight excluding hydrogens is 605 g/mol. The van der Waals surface area contributed by atoms with E-state index in [-0.39, 0.29) is 11.4 Å². The summed E-state index contributed by atoms with van der Waals surface area (Å²) in [7, 11) is 0. The summed E-state index contributed by atoms with van der Waals surface area (Å²) in [5.41, 5.74) is 2.30. The maximum atomic E-state index is 12.0. The largest absolute Gasteiger partial charge is 0.392 e. The Kier molecular flexibility index (Phi) is 12.8. The van der Waals surface area contributed by atoms with Gasteiger partial charge in [0.25, 0.3) is 0 Å². The van der Waals surface area contributed by atoms with Gasteiger partial charge in [-0.2, -0.15) is 0 Å². The van der Waals surface area contributed by atoms with Crippen LogP contribution in [-0.4, -0.2) is 38.0 Å². The Hall–Kier alpha value is -3.97. The van der Waals surface area contributed by atoms with Gasteiger partial charge in [0.05, 0.1) is 6.10 Å². The van der Waals surface area contributed by atoms with Crippen molar-refractivity contribution in [3.8, 4) is 0 Å². The Morgan fingerprint density at radius 2 is 1.39 bits per heavy atom. The lowest BCUT2D eigenvalue weighted by Gasteiger charge is -2.19. The number of nitrogens with zero attached hydrogens (tertiary/aromatic N) is 2. The molecule has 1 N–H and O–H groups in total. The van der Waals surface area contributed by atoms with Gasteiger partial charge in [-0.3, -0.25) is 14.8 Å². The van der Waals surface area contributed by atoms with E-state index in [1.54, 1.807) is 35.9 Å². The number of aromatic nitrogens is 2. The molecule has 234 valence electrons. The molecule has 4 aromatic carbocycles. The molecule has 0 aliphatic carbocycles. The molecule has 0 saturated carbocycles. The first-order valence-electron chi connectivity index (χ1n) is 15.8. The highest BCUT2D eigenvalue weighted by Crippen LogP contribution is 2.32. The zero-order valence-electron chi connectivity index (χ0n) is 26.2. The van der Waals surface area contributed by atoms with Gasteiger partial charge in [0.1, 0.15) is 5.78 Å². The van der Waals surface area contributed by atoms with Crippen LogP contribution in [0.15, 0.2) is 144 Å². The van der Waals surface area contributed by atoms with Crippen molar-refractivity contribution in [3.63, 3.8) is 0 Å². The van der Waals surface area contributed by atoms with E-state index in [9.17, 15) is 9.90 Å². The lowest BCUT2D eigenvalue weighted by molar-refractivity contribution is -0.118. The van der Waals surface area contributed by atoms with Gasteiger partial charge in [0, 0.05) is 58.4 Å². The summed E-state index contributed by atoms with van der Waals surface area (Å²) in [6.07, 6.45) is 10.5. The second-order valence-electron chi connectivity index (χ2n) is 11.3. The highest BCUT2D eigenvalue weighted by molar-refractivity contribution is 8.00. The molecule has 2 unspecified atom stereocenters. The standard InChI is InChI=1S/C20H21NOS.C20H19NOS/c1-15(19(22)12-11-16-6-5-13-21-14-16)23-20-10-4-8-17-7-2-3-9-18(17)20;22-19(9-7-16-4-3-12-21-15-16)11-13-23-20-10-8-17-5-1-2-6-18(17)14-20/h2-10,13-15,19,22H,11-12H2,1H3;1-6,8,10,12,14-15H,7,9,11,13H2. The minimum absolute atomic E-state index is 0.150. The van der Waals surface area contributed by atoms with Crippen LogP contribution in [0.5, 0.6) is 0 Å². The third kappa shape index (κ3) is 10.3. The maximum Gasteiger partial charge on any atom is 0.134 e. The van der Waals surface area contributed by atoms with E-state index in [4.69, 9.17) is 0 Å². The number of fused-ring (bicyclic) bond motifs is 2. The first kappa shape index (κ1) is 33.4. The van der Waals surface area contributed by atoms with Crippen molar-refractivity contribution >= 4 is 50.9 Å². The molecule has 0 amide bonds. The highest BCUT2D eigenvalue weighted by atomic mass is 32.2. The average molecular weight is 645 g/mol. The van der Waals surface area contributed by atoms with Gasteiger partial charge in [0.15, 0.2) is 0 Å². The zero-order valence-corrected chi connectivity index (χ0v) is 27.8. The second-order valence-corrected chi connectivity index (χ2v) is 13.9. The van der Waals surface area contributed by atoms with E-state index in [0.717, 1.165) is 30.6 Å². The number of benzene rings is 4. The number of carbonyl (C=O) groups is 1. The van der Waals surface area contributed by atoms with Crippen molar-refractivity contribution < 1.29 is 9.90 Å². The molecule has 0 fully saturated rings. The smallest absolute Gasteiger partial charge is 0.134 e. The quantitative estimate of drug-likeness (QED) is 0.126. The van der Waals surface area contributed by atoms with Crippen LogP contribution >= 0.6 is 23.5 Å². The van der Waals surface area contributed by atoms with E-state index < -0.39 is 0 Å². The predicted octanol–water partition coefficient (Wildman–Crippen LogP) is 9.63. The number of rotatable bonds is 13. The maximum absolute atomic E-state index is 12.0. The normalized spacial score (nSPS) is 12.3. The molecule has 2 aromatic heterocycles. The number of aryl methyl sites for hydroxylation is 2. The van der Waals surface area contributed by atoms with Gasteiger partial charge in [-0.25, -0.2) is 0 Å². The Balaban J connectivity index is 0.000000181. The number of hydrogen-bond donors (Lipinski definition) is 1. The van der Waals surface area contributed by atoms with Crippen LogP contribution in [0.2, 0.25) is 0 Å². The minimum Gasteiger partial charge on any atom is -0.392 e. The van der Waals surface area contributed by atoms with Crippen LogP contribution < -0.4 is 0 Å². The van der Waals surface area contributed by atoms with Gasteiger partial charge < -0.3 is 5.11 Å². The summed E-state index contributed by atoms with van der Waals surface area (Å²) in [6.45, 7) is 2.10. The summed E-state index contributed by atoms with van der Waals surface area (Å²) >= 11 is 3.50. The number of aliphatic hydroxyl groups is 1. The predicted molar refractivity (Wildman–Crippen MR) is 195 cm³/mol. The van der Waals surface area contributed by atoms with Crippen molar-refractivity contribution in [2.75, 3.05) is 5.75 Å². The van der Waals surface area contributed by atoms with E-state index in [1.165, 1.54) is 36.9 Å². The summed E-state index contributed by atoms with van der Waals surface area (Å²) < 4.78 is 0. The molecule has 0 aliphatic rings. The van der Waals surface area contributed by atoms with Crippen LogP contribution in [0.1, 0.15) is 37.3 Å². The highest BCUT2D eigenvalue weighted by Gasteiger charge is 2.16. The van der Waals surface area contributed by atoms with Gasteiger partial charge in [-0.15, -0.1) is 23.5 Å². The lowest BCUT2D eigenvalue weighted by atomic mass is 10.1. The molecule has 0 aliphatic heterocycles. The van der Waals surface area contributed by atoms with Crippen molar-refractivity contribution in [3.05, 3.63) is 145 Å². The molecule has 0 saturated heterocycles. The fourth-order valence-corrected chi connectivity index (χ4v) is 7.27. The number of aliphatic hydroxyl groups excluding tert-OH is 1. The first-order chi connectivity index (χ1) is 22.5. The molecule has 6 heteroatoms. The number of carbonyl (C=O) groups excluding carboxylic acids is 1. The molecule has 4 nitrogen and oxygen atoms in total. The van der Waals surface area contributed by atoms with E-state index >= 15 is 0 Å². The van der Waals surface area contributed by atoms with Gasteiger partial charge in [-0.05, 0) is 82.3 Å². The van der Waals surface area contributed by atoms with Crippen molar-refractivity contribution in [1.82, 2.24) is 9.97 Å². The number of thioether (sulfide) groups is 2. The van der Waals surface area contributed by atoms with E-state index in [2.05, 4.69) is 108 Å². The molecule has 2 atom stereocenters. The lowest BCUT2D eigenvalue weighted by Crippen LogP contribution is -2.20. The SMILES string of the molecule is CC(Sc1cccc2ccccc12)C(O)CCc1cccnc1.O=C(CCSc1ccc2ccccc2c1)CCc1cccnc1. The van der Waals surface area contributed by atoms with Crippen LogP contribution in [0.4, 0.5) is 0 Å². The van der Waals surface area contributed by atoms with Crippen molar-refractivity contribution in [2.24, 2.45) is 0 Å². The fraction of sp³-hybridized carbons (Fsp3) is 0.225. The van der Waals surface area contributed by atoms with Crippen LogP contribution in [0.3, 0.4) is 0 Å². The number of hydrogen-bond acceptors (Lipinski definition) is 6. The number of ketones is 1. The van der Waals surface area contributed by atoms with Crippen molar-refractivity contribution in [2.45, 2.75) is 60.2 Å². The summed E-state index contributed by atoms with van der Waals surface area (Å²) in [5.74, 6) is 1.16. The molecule has 0 spiro atoms. The summed E-state index contributed by atoms with van der Waals surface area (Å²) in [5, 5.41) is 15.6. The molecule has 2 heterocycles. The third-order valence-electron chi connectivity index (χ3n) is 7.84. The number of pyridine rings is 2. The first-order valence-corrected chi connectivity index (χ1v) is 17.7. The number of Topliss-reactive ketones (excluding diaryl/α,β-unsaturated/α-hetero) is 1. The topological polar surface area (TPSA) is 63.1 Å². The molecule has 0 bridgehead atoms. The Labute approximate surface area is 280 Å². The second kappa shape index (κ2) is 17.7. The monoisotopic (exact) mass is 644 g/mol. The van der Waals surface area contributed by atoms with Gasteiger partial charge in [0.2, 0.25) is 0 Å². The Morgan fingerprint density at radius 1 is 0.717 bits per heavy atom. The summed E-state index contributed by atoms with van der Waals surface area (Å²) in [6, 6.07) is 37.5. The average Bonchev–Trinajstić information content (AvgIpc) is 3.11. The molecule has 6 aromatic rings. The molecule has 0 radical (unpaired) electrons. The zero-order chi connectivity index (χ0) is 32.0. The van der Waals surface area contributed by atoms with Crippen LogP contribution in [-0.2, 0) is 17.6 Å². The van der Waals surface area contributed by atoms with Gasteiger partial charge >= 0.3 is 0 Å².